The minimum absolute atomic E-state index is 0.677. The molecule has 2 heterocycles. The Morgan fingerprint density at radius 3 is 2.53 bits per heavy atom. The maximum atomic E-state index is 5.88. The fraction of sp³-hybridized carbons (Fsp3) is 0.267. The molecule has 0 aliphatic rings. The lowest BCUT2D eigenvalue weighted by Gasteiger charge is -2.04. The number of benzene rings is 1. The number of aromatic nitrogens is 3. The van der Waals surface area contributed by atoms with Crippen LogP contribution < -0.4 is 5.73 Å². The Morgan fingerprint density at radius 2 is 1.89 bits per heavy atom. The van der Waals surface area contributed by atoms with Gasteiger partial charge in [-0.2, -0.15) is 5.10 Å². The summed E-state index contributed by atoms with van der Waals surface area (Å²) in [5.41, 5.74) is 11.8. The fourth-order valence-corrected chi connectivity index (χ4v) is 2.62. The molecule has 0 saturated heterocycles. The van der Waals surface area contributed by atoms with Crippen LogP contribution in [0.5, 0.6) is 0 Å². The fourth-order valence-electron chi connectivity index (χ4n) is 2.62. The van der Waals surface area contributed by atoms with Crippen LogP contribution in [0.25, 0.3) is 22.2 Å². The van der Waals surface area contributed by atoms with Crippen LogP contribution in [-0.2, 0) is 14.1 Å². The van der Waals surface area contributed by atoms with Crippen molar-refractivity contribution in [1.82, 2.24) is 14.3 Å². The van der Waals surface area contributed by atoms with Gasteiger partial charge in [0.15, 0.2) is 0 Å². The third kappa shape index (κ3) is 1.63. The average Bonchev–Trinajstić information content (AvgIpc) is 2.86. The van der Waals surface area contributed by atoms with E-state index in [2.05, 4.69) is 48.9 Å². The number of rotatable bonds is 1. The zero-order valence-electron chi connectivity index (χ0n) is 11.7. The van der Waals surface area contributed by atoms with Gasteiger partial charge in [0.1, 0.15) is 5.82 Å². The molecular formula is C15H18N4. The van der Waals surface area contributed by atoms with Crippen molar-refractivity contribution in [2.45, 2.75) is 13.8 Å². The largest absolute Gasteiger partial charge is 0.384 e. The van der Waals surface area contributed by atoms with Gasteiger partial charge in [-0.25, -0.2) is 0 Å². The van der Waals surface area contributed by atoms with E-state index in [4.69, 9.17) is 5.73 Å². The lowest BCUT2D eigenvalue weighted by molar-refractivity contribution is 0.782. The van der Waals surface area contributed by atoms with Crippen LogP contribution in [0.1, 0.15) is 11.1 Å². The quantitative estimate of drug-likeness (QED) is 0.726. The number of nitrogens with two attached hydrogens (primary N) is 1. The molecule has 0 fully saturated rings. The molecule has 3 aromatic rings. The van der Waals surface area contributed by atoms with E-state index in [9.17, 15) is 0 Å². The topological polar surface area (TPSA) is 48.8 Å². The summed E-state index contributed by atoms with van der Waals surface area (Å²) in [7, 11) is 3.93. The second-order valence-corrected chi connectivity index (χ2v) is 5.14. The van der Waals surface area contributed by atoms with Crippen LogP contribution in [0.15, 0.2) is 24.4 Å². The first-order valence-corrected chi connectivity index (χ1v) is 6.34. The van der Waals surface area contributed by atoms with Crippen LogP contribution >= 0.6 is 0 Å². The summed E-state index contributed by atoms with van der Waals surface area (Å²) >= 11 is 0. The van der Waals surface area contributed by atoms with E-state index < -0.39 is 0 Å². The summed E-state index contributed by atoms with van der Waals surface area (Å²) in [5, 5.41) is 5.70. The molecule has 2 aromatic heterocycles. The SMILES string of the molecule is Cc1ccc2c(-c3cc(N)n(C)n3)cn(C)c2c1C. The monoisotopic (exact) mass is 254 g/mol. The van der Waals surface area contributed by atoms with Gasteiger partial charge in [-0.15, -0.1) is 0 Å². The first-order chi connectivity index (χ1) is 8.99. The summed E-state index contributed by atoms with van der Waals surface area (Å²) in [5.74, 6) is 0.677. The van der Waals surface area contributed by atoms with Crippen molar-refractivity contribution in [3.63, 3.8) is 0 Å². The van der Waals surface area contributed by atoms with E-state index in [-0.39, 0.29) is 0 Å². The standard InChI is InChI=1S/C15H18N4/c1-9-5-6-11-12(8-18(3)15(11)10(9)2)13-7-14(16)19(4)17-13/h5-8H,16H2,1-4H3. The van der Waals surface area contributed by atoms with Gasteiger partial charge in [-0.05, 0) is 25.0 Å². The van der Waals surface area contributed by atoms with Crippen LogP contribution in [0.2, 0.25) is 0 Å². The van der Waals surface area contributed by atoms with Gasteiger partial charge >= 0.3 is 0 Å². The minimum Gasteiger partial charge on any atom is -0.384 e. The van der Waals surface area contributed by atoms with Gasteiger partial charge in [0, 0.05) is 37.3 Å². The second-order valence-electron chi connectivity index (χ2n) is 5.14. The van der Waals surface area contributed by atoms with E-state index in [0.29, 0.717) is 5.82 Å². The summed E-state index contributed by atoms with van der Waals surface area (Å²) in [6.45, 7) is 4.30. The predicted octanol–water partition coefficient (Wildman–Crippen LogP) is 2.78. The third-order valence-corrected chi connectivity index (χ3v) is 3.86. The van der Waals surface area contributed by atoms with E-state index in [1.54, 1.807) is 4.68 Å². The molecule has 0 amide bonds. The van der Waals surface area contributed by atoms with Crippen LogP contribution in [-0.4, -0.2) is 14.3 Å². The highest BCUT2D eigenvalue weighted by atomic mass is 15.3. The Balaban J connectivity index is 2.34. The van der Waals surface area contributed by atoms with Crippen LogP contribution in [0.3, 0.4) is 0 Å². The van der Waals surface area contributed by atoms with E-state index in [1.807, 2.05) is 13.1 Å². The number of anilines is 1. The zero-order valence-corrected chi connectivity index (χ0v) is 11.7. The average molecular weight is 254 g/mol. The molecule has 4 heteroatoms. The molecule has 2 N–H and O–H groups in total. The van der Waals surface area contributed by atoms with E-state index in [1.165, 1.54) is 22.0 Å². The van der Waals surface area contributed by atoms with Crippen molar-refractivity contribution in [2.75, 3.05) is 5.73 Å². The second kappa shape index (κ2) is 3.88. The number of hydrogen-bond donors (Lipinski definition) is 1. The maximum absolute atomic E-state index is 5.88. The molecule has 0 aliphatic heterocycles. The summed E-state index contributed by atoms with van der Waals surface area (Å²) in [6.07, 6.45) is 2.12. The molecule has 98 valence electrons. The molecule has 0 aliphatic carbocycles. The van der Waals surface area contributed by atoms with Gasteiger partial charge in [-0.3, -0.25) is 4.68 Å². The predicted molar refractivity (Wildman–Crippen MR) is 79.0 cm³/mol. The lowest BCUT2D eigenvalue weighted by atomic mass is 10.0. The highest BCUT2D eigenvalue weighted by molar-refractivity contribution is 5.97. The molecule has 19 heavy (non-hydrogen) atoms. The number of hydrogen-bond acceptors (Lipinski definition) is 2. The van der Waals surface area contributed by atoms with Gasteiger partial charge in [0.25, 0.3) is 0 Å². The Kier molecular flexibility index (Phi) is 2.42. The molecule has 0 bridgehead atoms. The summed E-state index contributed by atoms with van der Waals surface area (Å²) < 4.78 is 3.87. The molecule has 0 radical (unpaired) electrons. The first-order valence-electron chi connectivity index (χ1n) is 6.34. The van der Waals surface area contributed by atoms with Crippen molar-refractivity contribution < 1.29 is 0 Å². The van der Waals surface area contributed by atoms with Gasteiger partial charge < -0.3 is 10.3 Å². The molecule has 0 spiro atoms. The molecule has 1 aromatic carbocycles. The number of fused-ring (bicyclic) bond motifs is 1. The Hall–Kier alpha value is -2.23. The number of nitrogen functional groups attached to an aromatic ring is 1. The molecule has 0 saturated carbocycles. The molecule has 0 atom stereocenters. The Morgan fingerprint density at radius 1 is 1.16 bits per heavy atom. The molecular weight excluding hydrogens is 236 g/mol. The zero-order chi connectivity index (χ0) is 13.7. The highest BCUT2D eigenvalue weighted by Crippen LogP contribution is 2.32. The Bertz CT molecular complexity index is 758. The van der Waals surface area contributed by atoms with Crippen molar-refractivity contribution in [2.24, 2.45) is 14.1 Å². The van der Waals surface area contributed by atoms with E-state index >= 15 is 0 Å². The first kappa shape index (κ1) is 11.8. The molecule has 4 nitrogen and oxygen atoms in total. The van der Waals surface area contributed by atoms with Crippen LogP contribution in [0, 0.1) is 13.8 Å². The molecule has 0 unspecified atom stereocenters. The van der Waals surface area contributed by atoms with Crippen molar-refractivity contribution in [3.05, 3.63) is 35.5 Å². The normalized spacial score (nSPS) is 11.4. The van der Waals surface area contributed by atoms with Crippen molar-refractivity contribution in [1.29, 1.82) is 0 Å². The van der Waals surface area contributed by atoms with Crippen molar-refractivity contribution in [3.8, 4) is 11.3 Å². The number of nitrogens with zero attached hydrogens (tertiary/aromatic N) is 3. The highest BCUT2D eigenvalue weighted by Gasteiger charge is 2.14. The maximum Gasteiger partial charge on any atom is 0.121 e. The number of aryl methyl sites for hydroxylation is 4. The third-order valence-electron chi connectivity index (χ3n) is 3.86. The summed E-state index contributed by atoms with van der Waals surface area (Å²) in [6, 6.07) is 6.25. The summed E-state index contributed by atoms with van der Waals surface area (Å²) in [4.78, 5) is 0. The van der Waals surface area contributed by atoms with Gasteiger partial charge in [0.2, 0.25) is 0 Å². The van der Waals surface area contributed by atoms with Gasteiger partial charge in [0.05, 0.1) is 11.2 Å². The van der Waals surface area contributed by atoms with E-state index in [0.717, 1.165) is 11.3 Å². The van der Waals surface area contributed by atoms with Gasteiger partial charge in [-0.1, -0.05) is 12.1 Å². The smallest absolute Gasteiger partial charge is 0.121 e. The minimum atomic E-state index is 0.677. The lowest BCUT2D eigenvalue weighted by Crippen LogP contribution is -1.96. The van der Waals surface area contributed by atoms with Crippen LogP contribution in [0.4, 0.5) is 5.82 Å². The van der Waals surface area contributed by atoms with Crippen molar-refractivity contribution >= 4 is 16.7 Å². The molecule has 3 rings (SSSR count). The Labute approximate surface area is 112 Å².